The van der Waals surface area contributed by atoms with Gasteiger partial charge in [0.25, 0.3) is 0 Å². The van der Waals surface area contributed by atoms with Crippen LogP contribution in [0.2, 0.25) is 5.02 Å². The zero-order valence-corrected chi connectivity index (χ0v) is 20.5. The van der Waals surface area contributed by atoms with E-state index in [9.17, 15) is 9.90 Å². The molecule has 180 valence electrons. The van der Waals surface area contributed by atoms with Gasteiger partial charge in [0.2, 0.25) is 0 Å². The van der Waals surface area contributed by atoms with Gasteiger partial charge in [-0.3, -0.25) is 4.90 Å². The molecular weight excluding hydrogens is 484 g/mol. The minimum atomic E-state index is -0.614. The molecule has 0 amide bonds. The van der Waals surface area contributed by atoms with Crippen molar-refractivity contribution in [3.63, 3.8) is 0 Å². The fourth-order valence-corrected chi connectivity index (χ4v) is 5.29. The van der Waals surface area contributed by atoms with E-state index in [-0.39, 0.29) is 18.7 Å². The molecule has 1 fully saturated rings. The van der Waals surface area contributed by atoms with Crippen molar-refractivity contribution in [3.05, 3.63) is 105 Å². The van der Waals surface area contributed by atoms with Crippen molar-refractivity contribution in [3.8, 4) is 0 Å². The summed E-state index contributed by atoms with van der Waals surface area (Å²) >= 11 is 7.82. The first-order valence-electron chi connectivity index (χ1n) is 11.4. The summed E-state index contributed by atoms with van der Waals surface area (Å²) < 4.78 is 7.07. The molecule has 35 heavy (non-hydrogen) atoms. The molecule has 1 saturated heterocycles. The summed E-state index contributed by atoms with van der Waals surface area (Å²) in [6, 6.07) is 20.6. The van der Waals surface area contributed by atoms with Crippen LogP contribution in [0.5, 0.6) is 0 Å². The molecule has 0 spiro atoms. The van der Waals surface area contributed by atoms with Gasteiger partial charge in [-0.2, -0.15) is 0 Å². The van der Waals surface area contributed by atoms with Gasteiger partial charge in [-0.1, -0.05) is 53.2 Å². The largest absolute Gasteiger partial charge is 0.455 e. The van der Waals surface area contributed by atoms with Crippen molar-refractivity contribution in [1.29, 1.82) is 0 Å². The molecule has 2 aromatic heterocycles. The molecule has 3 heterocycles. The first-order valence-corrected chi connectivity index (χ1v) is 12.7. The second-order valence-corrected chi connectivity index (χ2v) is 10.0. The monoisotopic (exact) mass is 508 g/mol. The summed E-state index contributed by atoms with van der Waals surface area (Å²) in [4.78, 5) is 15.9. The predicted octanol–water partition coefficient (Wildman–Crippen LogP) is 4.90. The number of likely N-dealkylation sites (tertiary alicyclic amines) is 1. The Morgan fingerprint density at radius 2 is 1.91 bits per heavy atom. The molecule has 9 heteroatoms. The van der Waals surface area contributed by atoms with Crippen LogP contribution >= 0.6 is 22.9 Å². The van der Waals surface area contributed by atoms with Gasteiger partial charge in [0.1, 0.15) is 12.3 Å². The topological polar surface area (TPSA) is 80.5 Å². The minimum Gasteiger partial charge on any atom is -0.455 e. The van der Waals surface area contributed by atoms with Gasteiger partial charge in [-0.25, -0.2) is 9.48 Å². The van der Waals surface area contributed by atoms with E-state index in [0.29, 0.717) is 29.2 Å². The number of rotatable bonds is 7. The number of hydrogen-bond donors (Lipinski definition) is 1. The molecule has 1 aliphatic rings. The molecule has 5 rings (SSSR count). The second-order valence-electron chi connectivity index (χ2n) is 8.58. The Morgan fingerprint density at radius 3 is 2.66 bits per heavy atom. The van der Waals surface area contributed by atoms with Crippen LogP contribution in [0.1, 0.15) is 45.0 Å². The van der Waals surface area contributed by atoms with Crippen LogP contribution in [-0.4, -0.2) is 43.6 Å². The molecule has 2 aromatic carbocycles. The highest BCUT2D eigenvalue weighted by Gasteiger charge is 2.37. The van der Waals surface area contributed by atoms with Crippen LogP contribution in [0.4, 0.5) is 0 Å². The average Bonchev–Trinajstić information content (AvgIpc) is 3.57. The van der Waals surface area contributed by atoms with Crippen molar-refractivity contribution >= 4 is 28.9 Å². The number of aromatic nitrogens is 3. The standard InChI is InChI=1S/C26H25ClN4O3S/c27-20-10-8-18(9-11-20)23-13-25(32)24(16-30(23)15-22-7-4-12-35-22)31-14-21(28-29-31)17-34-26(33)19-5-2-1-3-6-19/h1-12,14,23-25,32H,13,15-17H2. The van der Waals surface area contributed by atoms with E-state index in [4.69, 9.17) is 16.3 Å². The lowest BCUT2D eigenvalue weighted by Gasteiger charge is -2.42. The Labute approximate surface area is 212 Å². The molecular formula is C26H25ClN4O3S. The third-order valence-corrected chi connectivity index (χ3v) is 7.34. The molecule has 3 unspecified atom stereocenters. The van der Waals surface area contributed by atoms with Gasteiger partial charge < -0.3 is 9.84 Å². The lowest BCUT2D eigenvalue weighted by molar-refractivity contribution is -0.0105. The van der Waals surface area contributed by atoms with Gasteiger partial charge in [0, 0.05) is 29.0 Å². The normalized spacial score (nSPS) is 20.6. The zero-order valence-electron chi connectivity index (χ0n) is 18.9. The van der Waals surface area contributed by atoms with Crippen molar-refractivity contribution in [2.75, 3.05) is 6.54 Å². The van der Waals surface area contributed by atoms with Crippen molar-refractivity contribution in [1.82, 2.24) is 19.9 Å². The van der Waals surface area contributed by atoms with Gasteiger partial charge in [-0.15, -0.1) is 16.4 Å². The summed E-state index contributed by atoms with van der Waals surface area (Å²) in [5, 5.41) is 22.3. The Morgan fingerprint density at radius 1 is 1.11 bits per heavy atom. The van der Waals surface area contributed by atoms with Crippen LogP contribution in [0.3, 0.4) is 0 Å². The second kappa shape index (κ2) is 10.7. The number of carbonyl (C=O) groups is 1. The summed E-state index contributed by atoms with van der Waals surface area (Å²) in [5.74, 6) is -0.411. The van der Waals surface area contributed by atoms with Crippen molar-refractivity contribution < 1.29 is 14.6 Å². The van der Waals surface area contributed by atoms with Gasteiger partial charge in [-0.05, 0) is 47.7 Å². The summed E-state index contributed by atoms with van der Waals surface area (Å²) in [7, 11) is 0. The van der Waals surface area contributed by atoms with E-state index in [0.717, 1.165) is 12.1 Å². The number of aliphatic hydroxyl groups is 1. The van der Waals surface area contributed by atoms with Crippen LogP contribution < -0.4 is 0 Å². The lowest BCUT2D eigenvalue weighted by Crippen LogP contribution is -2.45. The maximum atomic E-state index is 12.2. The fraction of sp³-hybridized carbons (Fsp3) is 0.269. The first kappa shape index (κ1) is 23.7. The molecule has 0 radical (unpaired) electrons. The first-order chi connectivity index (χ1) is 17.1. The molecule has 0 saturated carbocycles. The van der Waals surface area contributed by atoms with E-state index in [2.05, 4.69) is 26.7 Å². The Hall–Kier alpha value is -3.04. The molecule has 0 bridgehead atoms. The number of esters is 1. The number of piperidine rings is 1. The quantitative estimate of drug-likeness (QED) is 0.358. The molecule has 1 N–H and O–H groups in total. The molecule has 4 aromatic rings. The minimum absolute atomic E-state index is 0.0167. The van der Waals surface area contributed by atoms with Gasteiger partial charge in [0.05, 0.1) is 23.9 Å². The van der Waals surface area contributed by atoms with Gasteiger partial charge in [0.15, 0.2) is 0 Å². The lowest BCUT2D eigenvalue weighted by atomic mass is 9.90. The number of thiophene rings is 1. The highest BCUT2D eigenvalue weighted by Crippen LogP contribution is 2.37. The van der Waals surface area contributed by atoms with E-state index < -0.39 is 12.1 Å². The maximum absolute atomic E-state index is 12.2. The number of halogens is 1. The van der Waals surface area contributed by atoms with Crippen LogP contribution in [0.25, 0.3) is 0 Å². The molecule has 0 aliphatic carbocycles. The summed E-state index contributed by atoms with van der Waals surface area (Å²) in [6.07, 6.45) is 1.69. The van der Waals surface area contributed by atoms with Crippen LogP contribution in [0.15, 0.2) is 78.3 Å². The predicted molar refractivity (Wildman–Crippen MR) is 134 cm³/mol. The number of benzene rings is 2. The molecule has 1 aliphatic heterocycles. The SMILES string of the molecule is O=C(OCc1cn(C2CN(Cc3cccs3)C(c3ccc(Cl)cc3)CC2O)nn1)c1ccccc1. The van der Waals surface area contributed by atoms with E-state index in [1.165, 1.54) is 4.88 Å². The summed E-state index contributed by atoms with van der Waals surface area (Å²) in [5.41, 5.74) is 2.14. The molecule has 3 atom stereocenters. The number of aliphatic hydroxyl groups excluding tert-OH is 1. The molecule has 7 nitrogen and oxygen atoms in total. The van der Waals surface area contributed by atoms with E-state index in [1.807, 2.05) is 36.4 Å². The number of ether oxygens (including phenoxy) is 1. The van der Waals surface area contributed by atoms with Crippen LogP contribution in [-0.2, 0) is 17.9 Å². The Kier molecular flexibility index (Phi) is 7.24. The number of nitrogens with zero attached hydrogens (tertiary/aromatic N) is 4. The van der Waals surface area contributed by atoms with Crippen LogP contribution in [0, 0.1) is 0 Å². The highest BCUT2D eigenvalue weighted by atomic mass is 35.5. The fourth-order valence-electron chi connectivity index (χ4n) is 4.43. The maximum Gasteiger partial charge on any atom is 0.338 e. The Balaban J connectivity index is 1.30. The highest BCUT2D eigenvalue weighted by molar-refractivity contribution is 7.09. The van der Waals surface area contributed by atoms with Crippen molar-refractivity contribution in [2.24, 2.45) is 0 Å². The Bertz CT molecular complexity index is 1250. The summed E-state index contributed by atoms with van der Waals surface area (Å²) in [6.45, 7) is 1.38. The van der Waals surface area contributed by atoms with Crippen molar-refractivity contribution in [2.45, 2.75) is 37.8 Å². The number of hydrogen-bond acceptors (Lipinski definition) is 7. The van der Waals surface area contributed by atoms with Gasteiger partial charge >= 0.3 is 5.97 Å². The zero-order chi connectivity index (χ0) is 24.2. The van der Waals surface area contributed by atoms with E-state index in [1.54, 1.807) is 46.5 Å². The third-order valence-electron chi connectivity index (χ3n) is 6.22. The third kappa shape index (κ3) is 5.62. The number of carbonyl (C=O) groups excluding carboxylic acids is 1. The van der Waals surface area contributed by atoms with E-state index >= 15 is 0 Å². The average molecular weight is 509 g/mol. The smallest absolute Gasteiger partial charge is 0.338 e.